The lowest BCUT2D eigenvalue weighted by Crippen LogP contribution is -2.75. The third kappa shape index (κ3) is 7.21. The topological polar surface area (TPSA) is 166 Å². The van der Waals surface area contributed by atoms with Crippen molar-refractivity contribution in [3.05, 3.63) is 47.5 Å². The van der Waals surface area contributed by atoms with Gasteiger partial charge in [0.25, 0.3) is 0 Å². The highest BCUT2D eigenvalue weighted by Crippen LogP contribution is 2.70. The molecule has 16 atom stereocenters. The Bertz CT molecular complexity index is 1680. The van der Waals surface area contributed by atoms with E-state index >= 15 is 0 Å². The van der Waals surface area contributed by atoms with E-state index in [-0.39, 0.29) is 30.8 Å². The van der Waals surface area contributed by atoms with Crippen LogP contribution in [0.15, 0.2) is 42.0 Å². The maximum absolute atomic E-state index is 13.6. The van der Waals surface area contributed by atoms with Gasteiger partial charge in [-0.1, -0.05) is 43.7 Å². The molecule has 2 saturated heterocycles. The van der Waals surface area contributed by atoms with E-state index in [0.717, 1.165) is 5.57 Å². The first-order valence-corrected chi connectivity index (χ1v) is 20.7. The van der Waals surface area contributed by atoms with E-state index in [1.165, 1.54) is 13.8 Å². The van der Waals surface area contributed by atoms with Gasteiger partial charge in [0.2, 0.25) is 0 Å². The van der Waals surface area contributed by atoms with Crippen LogP contribution in [0.25, 0.3) is 0 Å². The molecule has 1 aromatic carbocycles. The number of ketones is 1. The van der Waals surface area contributed by atoms with Crippen molar-refractivity contribution in [2.45, 2.75) is 172 Å². The third-order valence-electron chi connectivity index (χ3n) is 15.0. The van der Waals surface area contributed by atoms with Crippen molar-refractivity contribution in [1.29, 1.82) is 0 Å². The molecule has 0 spiro atoms. The minimum Gasteiger partial charge on any atom is -0.458 e. The second kappa shape index (κ2) is 16.0. The number of carbonyl (C=O) groups excluding carboxylic acids is 3. The fourth-order valence-corrected chi connectivity index (χ4v) is 11.9. The zero-order valence-electron chi connectivity index (χ0n) is 34.6. The molecular weight excluding hydrogens is 736 g/mol. The minimum atomic E-state index is -1.66. The number of carbonyl (C=O) groups is 3. The van der Waals surface area contributed by atoms with E-state index in [1.807, 2.05) is 26.8 Å². The SMILES string of the molecule is CO[C@H]1C[C@H](O[C@H]2[C@@H](OC)C[C@H](O[C@H]3CC[C@@]4(C)C(=CC[C@]5(O)[C@@H]4C[C@@H](OC(=O)c4ccccc4)[C@]4(C)[C@H](C(C)=O)CC[C@@]45O)C3)O[C@@H]2C)O[C@H](C)[C@H]1OC(C)=O. The smallest absolute Gasteiger partial charge is 0.338 e. The van der Waals surface area contributed by atoms with Crippen molar-refractivity contribution < 1.29 is 62.5 Å². The largest absolute Gasteiger partial charge is 0.458 e. The summed E-state index contributed by atoms with van der Waals surface area (Å²) in [7, 11) is 3.22. The summed E-state index contributed by atoms with van der Waals surface area (Å²) in [4.78, 5) is 38.4. The Hall–Kier alpha value is -2.75. The van der Waals surface area contributed by atoms with Crippen LogP contribution in [0.4, 0.5) is 0 Å². The normalized spacial score (nSPS) is 45.5. The van der Waals surface area contributed by atoms with Crippen molar-refractivity contribution in [3.63, 3.8) is 0 Å². The van der Waals surface area contributed by atoms with Gasteiger partial charge in [-0.2, -0.15) is 0 Å². The Labute approximate surface area is 336 Å². The molecule has 13 heteroatoms. The van der Waals surface area contributed by atoms with Gasteiger partial charge in [-0.15, -0.1) is 0 Å². The summed E-state index contributed by atoms with van der Waals surface area (Å²) in [5.41, 5.74) is -3.34. The molecule has 1 aromatic rings. The van der Waals surface area contributed by atoms with Gasteiger partial charge in [-0.25, -0.2) is 4.79 Å². The summed E-state index contributed by atoms with van der Waals surface area (Å²) in [6.07, 6.45) is 1.34. The molecule has 0 aromatic heterocycles. The maximum Gasteiger partial charge on any atom is 0.338 e. The molecule has 7 rings (SSSR count). The van der Waals surface area contributed by atoms with Crippen LogP contribution < -0.4 is 0 Å². The number of methoxy groups -OCH3 is 2. The van der Waals surface area contributed by atoms with Crippen molar-refractivity contribution in [2.75, 3.05) is 14.2 Å². The standard InChI is InChI=1S/C44H62O13/c1-24(45)31-16-19-44(49)42(31,6)35(56-40(47)28-12-10-9-11-13-28)23-34-41(5)17-15-30(20-29(41)14-18-43(34,44)48)55-36-21-33(51-8)39(26(3)52-36)57-37-22-32(50-7)38(25(2)53-37)54-27(4)46/h9-14,25-26,30-39,48-49H,15-23H2,1-8H3/t25-,26-,30+,31+,32+,33+,34-,35-,36+,37+,38-,39-,41+,42+,43+,44-/m1/s1. The Morgan fingerprint density at radius 3 is 2.07 bits per heavy atom. The molecule has 5 fully saturated rings. The first kappa shape index (κ1) is 42.4. The van der Waals surface area contributed by atoms with Gasteiger partial charge in [0.1, 0.15) is 35.3 Å². The zero-order chi connectivity index (χ0) is 41.1. The van der Waals surface area contributed by atoms with Gasteiger partial charge in [0, 0.05) is 51.2 Å². The highest BCUT2D eigenvalue weighted by atomic mass is 16.7. The monoisotopic (exact) mass is 798 g/mol. The fourth-order valence-electron chi connectivity index (χ4n) is 11.9. The van der Waals surface area contributed by atoms with Crippen LogP contribution in [0, 0.1) is 22.7 Å². The minimum absolute atomic E-state index is 0.0777. The lowest BCUT2D eigenvalue weighted by Gasteiger charge is -2.66. The second-order valence-corrected chi connectivity index (χ2v) is 17.9. The number of aliphatic hydroxyl groups is 2. The molecule has 316 valence electrons. The quantitative estimate of drug-likeness (QED) is 0.234. The average molecular weight is 799 g/mol. The van der Waals surface area contributed by atoms with Crippen LogP contribution in [-0.4, -0.2) is 115 Å². The van der Waals surface area contributed by atoms with E-state index < -0.39 is 95.0 Å². The predicted molar refractivity (Wildman–Crippen MR) is 205 cm³/mol. The molecule has 2 aliphatic heterocycles. The maximum atomic E-state index is 13.6. The molecule has 0 unspecified atom stereocenters. The number of hydrogen-bond acceptors (Lipinski definition) is 13. The van der Waals surface area contributed by atoms with Crippen LogP contribution in [0.2, 0.25) is 0 Å². The van der Waals surface area contributed by atoms with Crippen LogP contribution in [-0.2, 0) is 47.5 Å². The number of ether oxygens (including phenoxy) is 8. The first-order valence-electron chi connectivity index (χ1n) is 20.7. The van der Waals surface area contributed by atoms with Crippen LogP contribution >= 0.6 is 0 Å². The zero-order valence-corrected chi connectivity index (χ0v) is 34.6. The van der Waals surface area contributed by atoms with E-state index in [0.29, 0.717) is 50.5 Å². The second-order valence-electron chi connectivity index (χ2n) is 17.9. The molecule has 0 bridgehead atoms. The average Bonchev–Trinajstić information content (AvgIpc) is 3.47. The van der Waals surface area contributed by atoms with E-state index in [9.17, 15) is 24.6 Å². The molecule has 57 heavy (non-hydrogen) atoms. The Morgan fingerprint density at radius 2 is 1.44 bits per heavy atom. The van der Waals surface area contributed by atoms with Gasteiger partial charge in [-0.3, -0.25) is 9.59 Å². The highest BCUT2D eigenvalue weighted by molar-refractivity contribution is 5.89. The van der Waals surface area contributed by atoms with E-state index in [2.05, 4.69) is 13.0 Å². The highest BCUT2D eigenvalue weighted by Gasteiger charge is 2.77. The number of esters is 2. The molecule has 13 nitrogen and oxygen atoms in total. The number of rotatable bonds is 10. The summed E-state index contributed by atoms with van der Waals surface area (Å²) in [5, 5.41) is 25.7. The number of Topliss-reactive ketones (excluding diaryl/α,β-unsaturated/α-hetero) is 1. The molecule has 4 aliphatic carbocycles. The molecular formula is C44H62O13. The molecule has 0 amide bonds. The van der Waals surface area contributed by atoms with Crippen molar-refractivity contribution in [2.24, 2.45) is 22.7 Å². The summed E-state index contributed by atoms with van der Waals surface area (Å²) >= 11 is 0. The lowest BCUT2D eigenvalue weighted by molar-refractivity contribution is -0.321. The van der Waals surface area contributed by atoms with Crippen LogP contribution in [0.1, 0.15) is 110 Å². The molecule has 6 aliphatic rings. The summed E-state index contributed by atoms with van der Waals surface area (Å²) in [5.74, 6) is -1.98. The van der Waals surface area contributed by atoms with Crippen molar-refractivity contribution >= 4 is 17.7 Å². The van der Waals surface area contributed by atoms with Crippen molar-refractivity contribution in [1.82, 2.24) is 0 Å². The third-order valence-corrected chi connectivity index (χ3v) is 15.0. The first-order chi connectivity index (χ1) is 27.0. The summed E-state index contributed by atoms with van der Waals surface area (Å²) < 4.78 is 49.1. The molecule has 3 saturated carbocycles. The van der Waals surface area contributed by atoms with Gasteiger partial charge < -0.3 is 48.1 Å². The predicted octanol–water partition coefficient (Wildman–Crippen LogP) is 5.22. The number of benzene rings is 1. The number of fused-ring (bicyclic) bond motifs is 5. The van der Waals surface area contributed by atoms with Crippen LogP contribution in [0.5, 0.6) is 0 Å². The Balaban J connectivity index is 1.05. The van der Waals surface area contributed by atoms with Gasteiger partial charge >= 0.3 is 11.9 Å². The Kier molecular flexibility index (Phi) is 11.9. The van der Waals surface area contributed by atoms with Gasteiger partial charge in [0.05, 0.1) is 30.0 Å². The Morgan fingerprint density at radius 1 is 0.807 bits per heavy atom. The van der Waals surface area contributed by atoms with E-state index in [4.69, 9.17) is 37.9 Å². The van der Waals surface area contributed by atoms with Gasteiger partial charge in [-0.05, 0) is 83.3 Å². The van der Waals surface area contributed by atoms with Crippen LogP contribution in [0.3, 0.4) is 0 Å². The summed E-state index contributed by atoms with van der Waals surface area (Å²) in [6, 6.07) is 8.77. The molecule has 2 N–H and O–H groups in total. The fraction of sp³-hybridized carbons (Fsp3) is 0.750. The van der Waals surface area contributed by atoms with Crippen molar-refractivity contribution in [3.8, 4) is 0 Å². The van der Waals surface area contributed by atoms with Gasteiger partial charge in [0.15, 0.2) is 18.7 Å². The molecule has 2 heterocycles. The number of hydrogen-bond donors (Lipinski definition) is 2. The lowest BCUT2D eigenvalue weighted by atomic mass is 9.43. The van der Waals surface area contributed by atoms with E-state index in [1.54, 1.807) is 38.5 Å². The molecule has 0 radical (unpaired) electrons. The summed E-state index contributed by atoms with van der Waals surface area (Å²) in [6.45, 7) is 10.6.